The number of aryl methyl sites for hydroxylation is 1. The molecule has 0 aliphatic rings. The molecule has 2 rings (SSSR count). The van der Waals surface area contributed by atoms with Crippen LogP contribution in [0.3, 0.4) is 0 Å². The predicted octanol–water partition coefficient (Wildman–Crippen LogP) is 4.18. The molecule has 0 saturated carbocycles. The largest absolute Gasteiger partial charge is 0.294 e. The third-order valence-electron chi connectivity index (χ3n) is 2.21. The lowest BCUT2D eigenvalue weighted by molar-refractivity contribution is 0.0993. The Bertz CT molecular complexity index is 565. The fourth-order valence-electron chi connectivity index (χ4n) is 1.43. The van der Waals surface area contributed by atoms with Crippen LogP contribution in [0, 0.1) is 6.92 Å². The van der Waals surface area contributed by atoms with Gasteiger partial charge in [-0.15, -0.1) is 11.3 Å². The highest BCUT2D eigenvalue weighted by molar-refractivity contribution is 7.09. The van der Waals surface area contributed by atoms with Gasteiger partial charge in [0.15, 0.2) is 5.78 Å². The number of carbonyl (C=O) groups is 1. The molecule has 0 atom stereocenters. The van der Waals surface area contributed by atoms with Crippen molar-refractivity contribution < 1.29 is 4.79 Å². The van der Waals surface area contributed by atoms with Crippen LogP contribution in [0.25, 0.3) is 0 Å². The predicted molar refractivity (Wildman–Crippen MR) is 71.3 cm³/mol. The first kappa shape index (κ1) is 12.6. The summed E-state index contributed by atoms with van der Waals surface area (Å²) in [6.07, 6.45) is 0.262. The number of Topliss-reactive ketones (excluding diaryl/α,β-unsaturated/α-hetero) is 1. The highest BCUT2D eigenvalue weighted by Gasteiger charge is 2.13. The lowest BCUT2D eigenvalue weighted by Gasteiger charge is -2.02. The first-order valence-electron chi connectivity index (χ1n) is 4.95. The van der Waals surface area contributed by atoms with Crippen LogP contribution in [0.5, 0.6) is 0 Å². The number of carbonyl (C=O) groups excluding carboxylic acids is 1. The molecule has 1 aromatic carbocycles. The van der Waals surface area contributed by atoms with Crippen molar-refractivity contribution in [2.75, 3.05) is 0 Å². The average Bonchev–Trinajstić information content (AvgIpc) is 2.67. The van der Waals surface area contributed by atoms with Crippen molar-refractivity contribution in [2.45, 2.75) is 13.3 Å². The van der Waals surface area contributed by atoms with Gasteiger partial charge in [0, 0.05) is 21.7 Å². The van der Waals surface area contributed by atoms with Crippen molar-refractivity contribution in [3.8, 4) is 0 Å². The molecule has 17 heavy (non-hydrogen) atoms. The second kappa shape index (κ2) is 5.17. The number of thiazole rings is 1. The Kier molecular flexibility index (Phi) is 3.82. The summed E-state index contributed by atoms with van der Waals surface area (Å²) in [6, 6.07) is 4.88. The summed E-state index contributed by atoms with van der Waals surface area (Å²) >= 11 is 13.3. The van der Waals surface area contributed by atoms with E-state index in [-0.39, 0.29) is 12.2 Å². The summed E-state index contributed by atoms with van der Waals surface area (Å²) in [6.45, 7) is 1.90. The van der Waals surface area contributed by atoms with E-state index < -0.39 is 0 Å². The van der Waals surface area contributed by atoms with E-state index in [4.69, 9.17) is 23.2 Å². The molecule has 0 unspecified atom stereocenters. The van der Waals surface area contributed by atoms with Gasteiger partial charge in [-0.3, -0.25) is 4.79 Å². The third-order valence-corrected chi connectivity index (χ3v) is 3.74. The summed E-state index contributed by atoms with van der Waals surface area (Å²) in [7, 11) is 0. The quantitative estimate of drug-likeness (QED) is 0.792. The first-order valence-corrected chi connectivity index (χ1v) is 6.59. The normalized spacial score (nSPS) is 10.5. The fourth-order valence-corrected chi connectivity index (χ4v) is 2.59. The molecule has 0 aliphatic heterocycles. The summed E-state index contributed by atoms with van der Waals surface area (Å²) in [4.78, 5) is 16.3. The lowest BCUT2D eigenvalue weighted by atomic mass is 10.1. The molecule has 0 bridgehead atoms. The topological polar surface area (TPSA) is 30.0 Å². The van der Waals surface area contributed by atoms with E-state index in [0.717, 1.165) is 10.7 Å². The highest BCUT2D eigenvalue weighted by atomic mass is 35.5. The van der Waals surface area contributed by atoms with Crippen LogP contribution >= 0.6 is 34.5 Å². The number of nitrogens with zero attached hydrogens (tertiary/aromatic N) is 1. The Morgan fingerprint density at radius 1 is 1.41 bits per heavy atom. The number of hydrogen-bond acceptors (Lipinski definition) is 3. The van der Waals surface area contributed by atoms with Crippen LogP contribution in [0.15, 0.2) is 23.6 Å². The minimum Gasteiger partial charge on any atom is -0.294 e. The van der Waals surface area contributed by atoms with Gasteiger partial charge >= 0.3 is 0 Å². The maximum absolute atomic E-state index is 12.0. The minimum atomic E-state index is -0.0631. The van der Waals surface area contributed by atoms with E-state index in [1.807, 2.05) is 12.3 Å². The van der Waals surface area contributed by atoms with E-state index in [2.05, 4.69) is 4.98 Å². The lowest BCUT2D eigenvalue weighted by Crippen LogP contribution is -2.04. The SMILES string of the molecule is Cc1csc(CC(=O)c2cc(Cl)ccc2Cl)n1. The Morgan fingerprint density at radius 3 is 2.82 bits per heavy atom. The molecule has 0 aliphatic carbocycles. The van der Waals surface area contributed by atoms with Crippen LogP contribution in [0.2, 0.25) is 10.0 Å². The van der Waals surface area contributed by atoms with Gasteiger partial charge in [0.05, 0.1) is 11.4 Å². The van der Waals surface area contributed by atoms with Gasteiger partial charge in [0.2, 0.25) is 0 Å². The number of hydrogen-bond donors (Lipinski definition) is 0. The standard InChI is InChI=1S/C12H9Cl2NOS/c1-7-6-17-12(15-7)5-11(16)9-4-8(13)2-3-10(9)14/h2-4,6H,5H2,1H3. The average molecular weight is 286 g/mol. The highest BCUT2D eigenvalue weighted by Crippen LogP contribution is 2.22. The molecule has 0 fully saturated rings. The Hall–Kier alpha value is -0.900. The molecular weight excluding hydrogens is 277 g/mol. The fraction of sp³-hybridized carbons (Fsp3) is 0.167. The van der Waals surface area contributed by atoms with Crippen molar-refractivity contribution in [3.05, 3.63) is 49.9 Å². The molecule has 1 aromatic heterocycles. The maximum atomic E-state index is 12.0. The van der Waals surface area contributed by atoms with Crippen molar-refractivity contribution in [1.82, 2.24) is 4.98 Å². The molecule has 1 heterocycles. The molecule has 0 spiro atoms. The number of aromatic nitrogens is 1. The van der Waals surface area contributed by atoms with Crippen molar-refractivity contribution in [2.24, 2.45) is 0 Å². The van der Waals surface area contributed by atoms with Crippen molar-refractivity contribution in [3.63, 3.8) is 0 Å². The van der Waals surface area contributed by atoms with E-state index in [1.54, 1.807) is 18.2 Å². The number of rotatable bonds is 3. The smallest absolute Gasteiger partial charge is 0.171 e. The Labute approximate surface area is 113 Å². The van der Waals surface area contributed by atoms with Gasteiger partial charge in [0.1, 0.15) is 5.01 Å². The van der Waals surface area contributed by atoms with Crippen LogP contribution < -0.4 is 0 Å². The van der Waals surface area contributed by atoms with Crippen molar-refractivity contribution in [1.29, 1.82) is 0 Å². The molecule has 88 valence electrons. The van der Waals surface area contributed by atoms with Gasteiger partial charge in [-0.2, -0.15) is 0 Å². The van der Waals surface area contributed by atoms with Gasteiger partial charge < -0.3 is 0 Å². The van der Waals surface area contributed by atoms with Crippen LogP contribution in [0.4, 0.5) is 0 Å². The Balaban J connectivity index is 2.22. The zero-order valence-electron chi connectivity index (χ0n) is 9.04. The number of benzene rings is 1. The summed E-state index contributed by atoms with van der Waals surface area (Å²) in [5.74, 6) is -0.0631. The molecule has 0 N–H and O–H groups in total. The van der Waals surface area contributed by atoms with E-state index in [1.165, 1.54) is 11.3 Å². The first-order chi connectivity index (χ1) is 8.06. The van der Waals surface area contributed by atoms with Gasteiger partial charge in [-0.25, -0.2) is 4.98 Å². The maximum Gasteiger partial charge on any atom is 0.171 e. The molecule has 0 amide bonds. The molecule has 2 nitrogen and oxygen atoms in total. The van der Waals surface area contributed by atoms with E-state index >= 15 is 0 Å². The zero-order valence-corrected chi connectivity index (χ0v) is 11.4. The van der Waals surface area contributed by atoms with Crippen LogP contribution in [0.1, 0.15) is 21.1 Å². The van der Waals surface area contributed by atoms with E-state index in [0.29, 0.717) is 15.6 Å². The monoisotopic (exact) mass is 285 g/mol. The number of ketones is 1. The van der Waals surface area contributed by atoms with Gasteiger partial charge in [0.25, 0.3) is 0 Å². The molecule has 2 aromatic rings. The minimum absolute atomic E-state index is 0.0631. The van der Waals surface area contributed by atoms with Crippen LogP contribution in [-0.4, -0.2) is 10.8 Å². The molecular formula is C12H9Cl2NOS. The Morgan fingerprint density at radius 2 is 2.18 bits per heavy atom. The molecule has 0 radical (unpaired) electrons. The summed E-state index contributed by atoms with van der Waals surface area (Å²) < 4.78 is 0. The third kappa shape index (κ3) is 3.06. The second-order valence-corrected chi connectivity index (χ2v) is 5.39. The summed E-state index contributed by atoms with van der Waals surface area (Å²) in [5, 5.41) is 3.65. The van der Waals surface area contributed by atoms with Gasteiger partial charge in [-0.1, -0.05) is 23.2 Å². The summed E-state index contributed by atoms with van der Waals surface area (Å²) in [5.41, 5.74) is 1.38. The molecule has 0 saturated heterocycles. The number of halogens is 2. The zero-order chi connectivity index (χ0) is 12.4. The second-order valence-electron chi connectivity index (χ2n) is 3.61. The van der Waals surface area contributed by atoms with Gasteiger partial charge in [-0.05, 0) is 25.1 Å². The van der Waals surface area contributed by atoms with Crippen LogP contribution in [-0.2, 0) is 6.42 Å². The van der Waals surface area contributed by atoms with E-state index in [9.17, 15) is 4.79 Å². The molecule has 5 heteroatoms. The van der Waals surface area contributed by atoms with Crippen molar-refractivity contribution >= 4 is 40.3 Å².